The molecule has 120 valence electrons. The highest BCUT2D eigenvalue weighted by Gasteiger charge is 2.17. The molecule has 0 aromatic carbocycles. The lowest BCUT2D eigenvalue weighted by Gasteiger charge is -2.14. The molecule has 0 saturated carbocycles. The summed E-state index contributed by atoms with van der Waals surface area (Å²) in [4.78, 5) is 16.3. The van der Waals surface area contributed by atoms with Crippen LogP contribution in [0.5, 0.6) is 0 Å². The van der Waals surface area contributed by atoms with E-state index in [9.17, 15) is 4.79 Å². The van der Waals surface area contributed by atoms with Crippen molar-refractivity contribution in [3.8, 4) is 0 Å². The third-order valence-corrected chi connectivity index (χ3v) is 4.25. The summed E-state index contributed by atoms with van der Waals surface area (Å²) in [6.45, 7) is 7.92. The first-order valence-corrected chi connectivity index (χ1v) is 8.73. The van der Waals surface area contributed by atoms with Crippen LogP contribution in [0.1, 0.15) is 63.6 Å². The molecule has 1 amide bonds. The van der Waals surface area contributed by atoms with E-state index in [1.807, 2.05) is 0 Å². The van der Waals surface area contributed by atoms with Crippen molar-refractivity contribution in [1.29, 1.82) is 0 Å². The van der Waals surface area contributed by atoms with Gasteiger partial charge in [0.1, 0.15) is 0 Å². The van der Waals surface area contributed by atoms with E-state index in [2.05, 4.69) is 36.5 Å². The summed E-state index contributed by atoms with van der Waals surface area (Å²) in [7, 11) is 0. The zero-order valence-electron chi connectivity index (χ0n) is 13.6. The summed E-state index contributed by atoms with van der Waals surface area (Å²) in [6.07, 6.45) is 5.67. The highest BCUT2D eigenvalue weighted by Crippen LogP contribution is 2.23. The molecule has 1 heterocycles. The lowest BCUT2D eigenvalue weighted by molar-refractivity contribution is -0.121. The van der Waals surface area contributed by atoms with E-state index >= 15 is 0 Å². The number of thiazole rings is 1. The maximum atomic E-state index is 11.7. The van der Waals surface area contributed by atoms with Gasteiger partial charge in [0.25, 0.3) is 0 Å². The minimum atomic E-state index is 0.0987. The Labute approximate surface area is 132 Å². The Morgan fingerprint density at radius 1 is 1.29 bits per heavy atom. The molecule has 1 aromatic heterocycles. The Bertz CT molecular complexity index is 423. The average molecular weight is 311 g/mol. The van der Waals surface area contributed by atoms with E-state index < -0.39 is 0 Å². The minimum absolute atomic E-state index is 0.0987. The molecule has 0 aliphatic heterocycles. The van der Waals surface area contributed by atoms with E-state index in [0.29, 0.717) is 13.0 Å². The smallest absolute Gasteiger partial charge is 0.220 e. The van der Waals surface area contributed by atoms with E-state index in [1.165, 1.54) is 0 Å². The summed E-state index contributed by atoms with van der Waals surface area (Å²) in [5.41, 5.74) is 6.67. The zero-order valence-corrected chi connectivity index (χ0v) is 14.4. The van der Waals surface area contributed by atoms with Crippen molar-refractivity contribution >= 4 is 17.2 Å². The van der Waals surface area contributed by atoms with Gasteiger partial charge in [-0.3, -0.25) is 4.79 Å². The van der Waals surface area contributed by atoms with Crippen LogP contribution in [0.3, 0.4) is 0 Å². The maximum Gasteiger partial charge on any atom is 0.220 e. The molecule has 21 heavy (non-hydrogen) atoms. The Kier molecular flexibility index (Phi) is 7.89. The van der Waals surface area contributed by atoms with Crippen LogP contribution < -0.4 is 11.1 Å². The quantitative estimate of drug-likeness (QED) is 0.689. The summed E-state index contributed by atoms with van der Waals surface area (Å²) in [5.74, 6) is 0.148. The molecule has 5 heteroatoms. The van der Waals surface area contributed by atoms with Crippen LogP contribution in [0, 0.1) is 0 Å². The number of unbranched alkanes of at least 4 members (excludes halogenated alkanes) is 3. The highest BCUT2D eigenvalue weighted by molar-refractivity contribution is 7.09. The van der Waals surface area contributed by atoms with Crippen LogP contribution in [0.15, 0.2) is 5.38 Å². The lowest BCUT2D eigenvalue weighted by Crippen LogP contribution is -2.25. The average Bonchev–Trinajstić information content (AvgIpc) is 2.87. The molecular formula is C16H29N3OS. The SMILES string of the molecule is CC(C)(C)c1csc(CCNC(=O)CCCCCCN)n1. The van der Waals surface area contributed by atoms with Crippen LogP contribution in [0.2, 0.25) is 0 Å². The predicted molar refractivity (Wildman–Crippen MR) is 89.7 cm³/mol. The molecule has 3 N–H and O–H groups in total. The summed E-state index contributed by atoms with van der Waals surface area (Å²) in [6, 6.07) is 0. The molecule has 0 bridgehead atoms. The Balaban J connectivity index is 2.15. The Hall–Kier alpha value is -0.940. The van der Waals surface area contributed by atoms with Gasteiger partial charge in [0, 0.05) is 30.2 Å². The van der Waals surface area contributed by atoms with Gasteiger partial charge in [0.2, 0.25) is 5.91 Å². The maximum absolute atomic E-state index is 11.7. The van der Waals surface area contributed by atoms with Gasteiger partial charge in [-0.25, -0.2) is 4.98 Å². The van der Waals surface area contributed by atoms with Gasteiger partial charge in [0.05, 0.1) is 10.7 Å². The molecule has 4 nitrogen and oxygen atoms in total. The number of hydrogen-bond donors (Lipinski definition) is 2. The van der Waals surface area contributed by atoms with Gasteiger partial charge < -0.3 is 11.1 Å². The second-order valence-electron chi connectivity index (χ2n) is 6.43. The van der Waals surface area contributed by atoms with E-state index in [-0.39, 0.29) is 11.3 Å². The minimum Gasteiger partial charge on any atom is -0.356 e. The number of aromatic nitrogens is 1. The molecule has 0 unspecified atom stereocenters. The van der Waals surface area contributed by atoms with Crippen LogP contribution in [-0.2, 0) is 16.6 Å². The normalized spacial score (nSPS) is 11.6. The highest BCUT2D eigenvalue weighted by atomic mass is 32.1. The summed E-state index contributed by atoms with van der Waals surface area (Å²) >= 11 is 1.68. The molecule has 0 aliphatic rings. The number of nitrogens with two attached hydrogens (primary N) is 1. The molecule has 1 rings (SSSR count). The van der Waals surface area contributed by atoms with Gasteiger partial charge in [-0.2, -0.15) is 0 Å². The number of amides is 1. The van der Waals surface area contributed by atoms with Crippen LogP contribution in [-0.4, -0.2) is 24.0 Å². The predicted octanol–water partition coefficient (Wildman–Crippen LogP) is 3.01. The first-order chi connectivity index (χ1) is 9.93. The standard InChI is InChI=1S/C16H29N3OS/c1-16(2,3)13-12-21-15(19-13)9-11-18-14(20)8-6-4-5-7-10-17/h12H,4-11,17H2,1-3H3,(H,18,20). The van der Waals surface area contributed by atoms with Gasteiger partial charge in [0.15, 0.2) is 0 Å². The second kappa shape index (κ2) is 9.15. The number of nitrogens with one attached hydrogen (secondary N) is 1. The van der Waals surface area contributed by atoms with Crippen molar-refractivity contribution in [1.82, 2.24) is 10.3 Å². The molecule has 0 spiro atoms. The molecule has 0 radical (unpaired) electrons. The summed E-state index contributed by atoms with van der Waals surface area (Å²) in [5, 5.41) is 6.19. The van der Waals surface area contributed by atoms with E-state index in [0.717, 1.165) is 49.4 Å². The van der Waals surface area contributed by atoms with Crippen molar-refractivity contribution in [2.24, 2.45) is 5.73 Å². The fraction of sp³-hybridized carbons (Fsp3) is 0.750. The Morgan fingerprint density at radius 3 is 2.62 bits per heavy atom. The van der Waals surface area contributed by atoms with E-state index in [1.54, 1.807) is 11.3 Å². The first kappa shape index (κ1) is 18.1. The number of carbonyl (C=O) groups is 1. The van der Waals surface area contributed by atoms with Gasteiger partial charge in [-0.15, -0.1) is 11.3 Å². The molecule has 0 atom stereocenters. The third kappa shape index (κ3) is 7.58. The van der Waals surface area contributed by atoms with Gasteiger partial charge >= 0.3 is 0 Å². The second-order valence-corrected chi connectivity index (χ2v) is 7.37. The number of carbonyl (C=O) groups excluding carboxylic acids is 1. The molecule has 0 aliphatic carbocycles. The largest absolute Gasteiger partial charge is 0.356 e. The van der Waals surface area contributed by atoms with Crippen LogP contribution in [0.25, 0.3) is 0 Å². The van der Waals surface area contributed by atoms with Crippen molar-refractivity contribution in [3.05, 3.63) is 16.1 Å². The third-order valence-electron chi connectivity index (χ3n) is 3.34. The van der Waals surface area contributed by atoms with E-state index in [4.69, 9.17) is 5.73 Å². The summed E-state index contributed by atoms with van der Waals surface area (Å²) < 4.78 is 0. The van der Waals surface area contributed by atoms with Gasteiger partial charge in [-0.1, -0.05) is 33.6 Å². The number of hydrogen-bond acceptors (Lipinski definition) is 4. The molecule has 1 aromatic rings. The Morgan fingerprint density at radius 2 is 2.00 bits per heavy atom. The fourth-order valence-electron chi connectivity index (χ4n) is 1.95. The number of nitrogens with zero attached hydrogens (tertiary/aromatic N) is 1. The monoisotopic (exact) mass is 311 g/mol. The van der Waals surface area contributed by atoms with Crippen molar-refractivity contribution in [2.45, 2.75) is 64.7 Å². The topological polar surface area (TPSA) is 68.0 Å². The van der Waals surface area contributed by atoms with Crippen molar-refractivity contribution < 1.29 is 4.79 Å². The lowest BCUT2D eigenvalue weighted by atomic mass is 9.93. The van der Waals surface area contributed by atoms with Crippen molar-refractivity contribution in [3.63, 3.8) is 0 Å². The number of rotatable bonds is 9. The first-order valence-electron chi connectivity index (χ1n) is 7.85. The van der Waals surface area contributed by atoms with Crippen LogP contribution >= 0.6 is 11.3 Å². The molecule has 0 fully saturated rings. The molecular weight excluding hydrogens is 282 g/mol. The molecule has 0 saturated heterocycles. The fourth-order valence-corrected chi connectivity index (χ4v) is 2.98. The van der Waals surface area contributed by atoms with Gasteiger partial charge in [-0.05, 0) is 19.4 Å². The van der Waals surface area contributed by atoms with Crippen molar-refractivity contribution in [2.75, 3.05) is 13.1 Å². The van der Waals surface area contributed by atoms with Crippen LogP contribution in [0.4, 0.5) is 0 Å². The zero-order chi connectivity index (χ0) is 15.7.